The number of nitrogens with one attached hydrogen (secondary N) is 3. The minimum atomic E-state index is -3.45. The molecular formula is C11H20N4O2S. The molecule has 1 aliphatic rings. The molecule has 2 rings (SSSR count). The van der Waals surface area contributed by atoms with Crippen molar-refractivity contribution in [2.45, 2.75) is 31.6 Å². The summed E-state index contributed by atoms with van der Waals surface area (Å²) in [5, 5.41) is 9.90. The molecule has 0 saturated carbocycles. The van der Waals surface area contributed by atoms with Gasteiger partial charge >= 0.3 is 0 Å². The lowest BCUT2D eigenvalue weighted by Crippen LogP contribution is -2.38. The molecule has 7 heteroatoms. The summed E-state index contributed by atoms with van der Waals surface area (Å²) < 4.78 is 27.1. The predicted octanol–water partition coefficient (Wildman–Crippen LogP) is 0.304. The third-order valence-corrected chi connectivity index (χ3v) is 4.98. The Balaban J connectivity index is 2.03. The summed E-state index contributed by atoms with van der Waals surface area (Å²) in [6, 6.07) is 0. The van der Waals surface area contributed by atoms with Gasteiger partial charge in [-0.1, -0.05) is 0 Å². The number of nitrogens with zero attached hydrogens (tertiary/aromatic N) is 1. The number of aromatic amines is 1. The molecule has 3 N–H and O–H groups in total. The van der Waals surface area contributed by atoms with Gasteiger partial charge in [-0.05, 0) is 45.7 Å². The Labute approximate surface area is 108 Å². The molecule has 0 unspecified atom stereocenters. The Kier molecular flexibility index (Phi) is 4.04. The van der Waals surface area contributed by atoms with Crippen molar-refractivity contribution < 1.29 is 8.42 Å². The van der Waals surface area contributed by atoms with Crippen LogP contribution in [0.15, 0.2) is 4.90 Å². The van der Waals surface area contributed by atoms with Crippen molar-refractivity contribution in [2.75, 3.05) is 19.6 Å². The molecule has 0 radical (unpaired) electrons. The van der Waals surface area contributed by atoms with E-state index in [1.165, 1.54) is 0 Å². The molecule has 0 bridgehead atoms. The Hall–Kier alpha value is -0.920. The highest BCUT2D eigenvalue weighted by Gasteiger charge is 2.23. The first-order valence-electron chi connectivity index (χ1n) is 6.22. The molecule has 18 heavy (non-hydrogen) atoms. The van der Waals surface area contributed by atoms with Gasteiger partial charge in [0.15, 0.2) is 0 Å². The number of rotatable bonds is 4. The van der Waals surface area contributed by atoms with Gasteiger partial charge in [-0.25, -0.2) is 13.1 Å². The van der Waals surface area contributed by atoms with Crippen LogP contribution in [0.5, 0.6) is 0 Å². The van der Waals surface area contributed by atoms with Gasteiger partial charge < -0.3 is 5.32 Å². The number of aryl methyl sites for hydroxylation is 2. The van der Waals surface area contributed by atoms with Crippen molar-refractivity contribution in [3.8, 4) is 0 Å². The van der Waals surface area contributed by atoms with E-state index in [9.17, 15) is 8.42 Å². The van der Waals surface area contributed by atoms with Crippen LogP contribution in [0.2, 0.25) is 0 Å². The molecule has 2 heterocycles. The summed E-state index contributed by atoms with van der Waals surface area (Å²) in [6.45, 7) is 5.81. The molecule has 102 valence electrons. The Morgan fingerprint density at radius 3 is 2.78 bits per heavy atom. The average Bonchev–Trinajstić information content (AvgIpc) is 2.69. The van der Waals surface area contributed by atoms with Gasteiger partial charge in [0.25, 0.3) is 0 Å². The van der Waals surface area contributed by atoms with Gasteiger partial charge in [0.05, 0.1) is 11.4 Å². The smallest absolute Gasteiger partial charge is 0.244 e. The average molecular weight is 272 g/mol. The molecule has 0 amide bonds. The van der Waals surface area contributed by atoms with Gasteiger partial charge in [0.2, 0.25) is 10.0 Å². The molecule has 1 aliphatic heterocycles. The summed E-state index contributed by atoms with van der Waals surface area (Å²) in [6.07, 6.45) is 2.18. The number of piperidine rings is 1. The molecule has 1 saturated heterocycles. The highest BCUT2D eigenvalue weighted by molar-refractivity contribution is 7.89. The summed E-state index contributed by atoms with van der Waals surface area (Å²) in [5.41, 5.74) is 1.10. The number of H-pyrrole nitrogens is 1. The molecule has 0 aliphatic carbocycles. The van der Waals surface area contributed by atoms with Gasteiger partial charge in [-0.2, -0.15) is 5.10 Å². The SMILES string of the molecule is Cc1n[nH]c(C)c1S(=O)(=O)NC[C@H]1CCCNC1. The zero-order valence-electron chi connectivity index (χ0n) is 10.8. The number of sulfonamides is 1. The van der Waals surface area contributed by atoms with E-state index < -0.39 is 10.0 Å². The number of hydrogen-bond acceptors (Lipinski definition) is 4. The molecule has 1 atom stereocenters. The van der Waals surface area contributed by atoms with Crippen molar-refractivity contribution in [1.29, 1.82) is 0 Å². The summed E-state index contributed by atoms with van der Waals surface area (Å²) in [7, 11) is -3.45. The highest BCUT2D eigenvalue weighted by Crippen LogP contribution is 2.17. The maximum absolute atomic E-state index is 12.2. The summed E-state index contributed by atoms with van der Waals surface area (Å²) >= 11 is 0. The van der Waals surface area contributed by atoms with E-state index in [2.05, 4.69) is 20.2 Å². The number of aromatic nitrogens is 2. The van der Waals surface area contributed by atoms with Crippen molar-refractivity contribution in [3.63, 3.8) is 0 Å². The second-order valence-electron chi connectivity index (χ2n) is 4.83. The summed E-state index contributed by atoms with van der Waals surface area (Å²) in [4.78, 5) is 0.284. The largest absolute Gasteiger partial charge is 0.316 e. The normalized spacial score (nSPS) is 21.1. The number of hydrogen-bond donors (Lipinski definition) is 3. The van der Waals surface area contributed by atoms with E-state index in [1.54, 1.807) is 13.8 Å². The minimum Gasteiger partial charge on any atom is -0.316 e. The molecule has 1 aromatic heterocycles. The second-order valence-corrected chi connectivity index (χ2v) is 6.53. The first-order chi connectivity index (χ1) is 8.50. The van der Waals surface area contributed by atoms with Crippen LogP contribution in [-0.2, 0) is 10.0 Å². The third kappa shape index (κ3) is 2.90. The van der Waals surface area contributed by atoms with E-state index >= 15 is 0 Å². The fourth-order valence-corrected chi connectivity index (χ4v) is 3.82. The zero-order valence-corrected chi connectivity index (χ0v) is 11.6. The first-order valence-corrected chi connectivity index (χ1v) is 7.71. The standard InChI is InChI=1S/C11H20N4O2S/c1-8-11(9(2)15-14-8)18(16,17)13-7-10-4-3-5-12-6-10/h10,12-13H,3-7H2,1-2H3,(H,14,15)/t10-/m0/s1. The minimum absolute atomic E-state index is 0.284. The molecule has 6 nitrogen and oxygen atoms in total. The van der Waals surface area contributed by atoms with Crippen molar-refractivity contribution >= 4 is 10.0 Å². The van der Waals surface area contributed by atoms with E-state index in [-0.39, 0.29) is 4.90 Å². The van der Waals surface area contributed by atoms with Crippen LogP contribution in [0, 0.1) is 19.8 Å². The predicted molar refractivity (Wildman–Crippen MR) is 68.8 cm³/mol. The van der Waals surface area contributed by atoms with E-state index in [1.807, 2.05) is 0 Å². The summed E-state index contributed by atoms with van der Waals surface area (Å²) in [5.74, 6) is 0.376. The van der Waals surface area contributed by atoms with E-state index in [0.717, 1.165) is 25.9 Å². The molecule has 1 fully saturated rings. The topological polar surface area (TPSA) is 86.9 Å². The lowest BCUT2D eigenvalue weighted by Gasteiger charge is -2.22. The van der Waals surface area contributed by atoms with Gasteiger partial charge in [0, 0.05) is 6.54 Å². The lowest BCUT2D eigenvalue weighted by atomic mass is 10.0. The van der Waals surface area contributed by atoms with Gasteiger partial charge in [-0.15, -0.1) is 0 Å². The van der Waals surface area contributed by atoms with Crippen LogP contribution in [-0.4, -0.2) is 38.2 Å². The van der Waals surface area contributed by atoms with Crippen LogP contribution < -0.4 is 10.0 Å². The van der Waals surface area contributed by atoms with Gasteiger partial charge in [0.1, 0.15) is 4.90 Å². The molecular weight excluding hydrogens is 252 g/mol. The second kappa shape index (κ2) is 5.38. The molecule has 0 aromatic carbocycles. The van der Waals surface area contributed by atoms with Crippen molar-refractivity contribution in [2.24, 2.45) is 5.92 Å². The van der Waals surface area contributed by atoms with Gasteiger partial charge in [-0.3, -0.25) is 5.10 Å². The van der Waals surface area contributed by atoms with Crippen molar-refractivity contribution in [1.82, 2.24) is 20.2 Å². The van der Waals surface area contributed by atoms with Crippen LogP contribution in [0.25, 0.3) is 0 Å². The van der Waals surface area contributed by atoms with Crippen LogP contribution in [0.4, 0.5) is 0 Å². The maximum atomic E-state index is 12.2. The lowest BCUT2D eigenvalue weighted by molar-refractivity contribution is 0.376. The quantitative estimate of drug-likeness (QED) is 0.736. The fraction of sp³-hybridized carbons (Fsp3) is 0.727. The van der Waals surface area contributed by atoms with E-state index in [4.69, 9.17) is 0 Å². The Morgan fingerprint density at radius 1 is 1.44 bits per heavy atom. The Bertz CT molecular complexity index is 484. The van der Waals surface area contributed by atoms with Crippen LogP contribution in [0.3, 0.4) is 0 Å². The zero-order chi connectivity index (χ0) is 13.2. The monoisotopic (exact) mass is 272 g/mol. The van der Waals surface area contributed by atoms with E-state index in [0.29, 0.717) is 23.9 Å². The Morgan fingerprint density at radius 2 is 2.22 bits per heavy atom. The first kappa shape index (κ1) is 13.5. The maximum Gasteiger partial charge on any atom is 0.244 e. The third-order valence-electron chi connectivity index (χ3n) is 3.29. The highest BCUT2D eigenvalue weighted by atomic mass is 32.2. The van der Waals surface area contributed by atoms with Crippen LogP contribution >= 0.6 is 0 Å². The fourth-order valence-electron chi connectivity index (χ4n) is 2.33. The molecule has 1 aromatic rings. The molecule has 0 spiro atoms. The van der Waals surface area contributed by atoms with Crippen molar-refractivity contribution in [3.05, 3.63) is 11.4 Å². The van der Waals surface area contributed by atoms with Crippen LogP contribution in [0.1, 0.15) is 24.2 Å².